The number of ketones is 1. The first-order chi connectivity index (χ1) is 18.4. The van der Waals surface area contributed by atoms with Gasteiger partial charge in [-0.3, -0.25) is 14.7 Å². The van der Waals surface area contributed by atoms with E-state index in [9.17, 15) is 19.8 Å². The van der Waals surface area contributed by atoms with Gasteiger partial charge in [-0.2, -0.15) is 0 Å². The van der Waals surface area contributed by atoms with E-state index in [0.29, 0.717) is 17.1 Å². The molecule has 1 heterocycles. The smallest absolute Gasteiger partial charge is 0.282 e. The molecule has 0 aliphatic heterocycles. The summed E-state index contributed by atoms with van der Waals surface area (Å²) in [7, 11) is 0. The Labute approximate surface area is 238 Å². The molecule has 193 valence electrons. The van der Waals surface area contributed by atoms with Crippen LogP contribution in [0.15, 0.2) is 124 Å². The van der Waals surface area contributed by atoms with Crippen molar-refractivity contribution < 1.29 is 15.0 Å². The van der Waals surface area contributed by atoms with Crippen molar-refractivity contribution in [1.82, 2.24) is 9.78 Å². The number of H-pyrrole nitrogens is 1. The van der Waals surface area contributed by atoms with Crippen LogP contribution in [0.4, 0.5) is 11.4 Å². The molecule has 3 radical (unpaired) electrons. The number of para-hydroxylation sites is 3. The molecule has 0 saturated heterocycles. The van der Waals surface area contributed by atoms with Crippen LogP contribution < -0.4 is 5.56 Å². The Morgan fingerprint density at radius 2 is 1.21 bits per heavy atom. The molecule has 1 aromatic heterocycles. The molecule has 5 rings (SSSR count). The SMILES string of the molecule is Cc1[nH]n(-c2ccccc2)c(=O)c1C(=O)Cc1ccccc1.Oc1ccccc1N=Nc1ccccc1O.[Ga]. The van der Waals surface area contributed by atoms with Crippen LogP contribution in [-0.2, 0) is 6.42 Å². The molecule has 39 heavy (non-hydrogen) atoms. The number of carbonyl (C=O) groups is 1. The van der Waals surface area contributed by atoms with Crippen LogP contribution >= 0.6 is 0 Å². The molecular weight excluding hydrogens is 550 g/mol. The maximum atomic E-state index is 12.5. The Hall–Kier alpha value is -4.60. The van der Waals surface area contributed by atoms with Gasteiger partial charge in [-0.25, -0.2) is 4.68 Å². The van der Waals surface area contributed by atoms with Gasteiger partial charge < -0.3 is 10.2 Å². The summed E-state index contributed by atoms with van der Waals surface area (Å²) in [4.78, 5) is 25.0. The summed E-state index contributed by atoms with van der Waals surface area (Å²) in [6, 6.07) is 31.9. The Balaban J connectivity index is 0.000000220. The Morgan fingerprint density at radius 3 is 1.72 bits per heavy atom. The first-order valence-electron chi connectivity index (χ1n) is 11.9. The first-order valence-corrected chi connectivity index (χ1v) is 11.9. The zero-order chi connectivity index (χ0) is 26.9. The number of benzene rings is 4. The van der Waals surface area contributed by atoms with Crippen LogP contribution in [0.5, 0.6) is 11.5 Å². The second-order valence-corrected chi connectivity index (χ2v) is 8.35. The van der Waals surface area contributed by atoms with Gasteiger partial charge in [0, 0.05) is 31.9 Å². The van der Waals surface area contributed by atoms with E-state index in [1.165, 1.54) is 16.8 Å². The molecule has 0 spiro atoms. The second kappa shape index (κ2) is 13.8. The van der Waals surface area contributed by atoms with Gasteiger partial charge >= 0.3 is 0 Å². The number of Topliss-reactive ketones (excluding diaryl/α,β-unsaturated/α-hetero) is 1. The van der Waals surface area contributed by atoms with Crippen molar-refractivity contribution in [2.75, 3.05) is 0 Å². The molecule has 9 heteroatoms. The van der Waals surface area contributed by atoms with Crippen LogP contribution in [0.25, 0.3) is 5.69 Å². The van der Waals surface area contributed by atoms with E-state index in [4.69, 9.17) is 0 Å². The van der Waals surface area contributed by atoms with Crippen molar-refractivity contribution in [3.8, 4) is 17.2 Å². The molecular formula is C30H26GaN4O4. The van der Waals surface area contributed by atoms with E-state index in [0.717, 1.165) is 11.3 Å². The summed E-state index contributed by atoms with van der Waals surface area (Å²) >= 11 is 0. The minimum Gasteiger partial charge on any atom is -0.506 e. The molecule has 0 bridgehead atoms. The molecule has 0 aliphatic carbocycles. The standard InChI is InChI=1S/C18H16N2O2.C12H10N2O2.Ga/c1-13-17(16(21)12-14-8-4-2-5-9-14)18(22)20(19-13)15-10-6-3-7-11-15;15-11-7-3-1-5-9(11)13-14-10-6-2-4-8-12(10)16;/h2-11,19H,12H2,1H3;1-8,15-16H;. The zero-order valence-electron chi connectivity index (χ0n) is 21.2. The average molecular weight is 576 g/mol. The van der Waals surface area contributed by atoms with Gasteiger partial charge in [0.25, 0.3) is 5.56 Å². The van der Waals surface area contributed by atoms with Crippen molar-refractivity contribution in [2.45, 2.75) is 13.3 Å². The number of aryl methyl sites for hydroxylation is 1. The van der Waals surface area contributed by atoms with Gasteiger partial charge in [-0.05, 0) is 48.9 Å². The van der Waals surface area contributed by atoms with Crippen LogP contribution in [0.2, 0.25) is 0 Å². The number of aromatic nitrogens is 2. The third-order valence-electron chi connectivity index (χ3n) is 5.60. The van der Waals surface area contributed by atoms with E-state index in [2.05, 4.69) is 15.3 Å². The fourth-order valence-electron chi connectivity index (χ4n) is 3.71. The van der Waals surface area contributed by atoms with E-state index in [1.54, 1.807) is 43.3 Å². The number of rotatable bonds is 6. The van der Waals surface area contributed by atoms with Crippen molar-refractivity contribution >= 4 is 36.9 Å². The summed E-state index contributed by atoms with van der Waals surface area (Å²) in [5.41, 5.74) is 2.87. The zero-order valence-corrected chi connectivity index (χ0v) is 23.7. The van der Waals surface area contributed by atoms with Gasteiger partial charge in [-0.1, -0.05) is 72.8 Å². The summed E-state index contributed by atoms with van der Waals surface area (Å²) in [5.74, 6) is -0.0528. The Morgan fingerprint density at radius 1 is 0.744 bits per heavy atom. The maximum absolute atomic E-state index is 12.5. The van der Waals surface area contributed by atoms with Crippen LogP contribution in [-0.4, -0.2) is 45.6 Å². The predicted octanol–water partition coefficient (Wildman–Crippen LogP) is 6.03. The monoisotopic (exact) mass is 575 g/mol. The third kappa shape index (κ3) is 7.47. The number of phenolic OH excluding ortho intramolecular Hbond substituents is 2. The molecule has 4 aromatic carbocycles. The maximum Gasteiger partial charge on any atom is 0.282 e. The van der Waals surface area contributed by atoms with Crippen molar-refractivity contribution in [3.05, 3.63) is 136 Å². The van der Waals surface area contributed by atoms with Crippen molar-refractivity contribution in [2.24, 2.45) is 10.2 Å². The van der Waals surface area contributed by atoms with Gasteiger partial charge in [-0.15, -0.1) is 10.2 Å². The summed E-state index contributed by atoms with van der Waals surface area (Å²) < 4.78 is 1.41. The molecule has 0 aliphatic rings. The number of carbonyl (C=O) groups excluding carboxylic acids is 1. The second-order valence-electron chi connectivity index (χ2n) is 8.35. The molecule has 0 unspecified atom stereocenters. The van der Waals surface area contributed by atoms with E-state index < -0.39 is 0 Å². The van der Waals surface area contributed by atoms with Gasteiger partial charge in [0.1, 0.15) is 28.4 Å². The number of hydrogen-bond acceptors (Lipinski definition) is 6. The molecule has 5 aromatic rings. The molecule has 8 nitrogen and oxygen atoms in total. The molecule has 3 N–H and O–H groups in total. The number of hydrogen-bond donors (Lipinski definition) is 3. The van der Waals surface area contributed by atoms with Crippen molar-refractivity contribution in [1.29, 1.82) is 0 Å². The fourth-order valence-corrected chi connectivity index (χ4v) is 3.71. The summed E-state index contributed by atoms with van der Waals surface area (Å²) in [6.07, 6.45) is 0.226. The van der Waals surface area contributed by atoms with Crippen LogP contribution in [0.3, 0.4) is 0 Å². The van der Waals surface area contributed by atoms with Gasteiger partial charge in [0.2, 0.25) is 0 Å². The minimum absolute atomic E-state index is 0. The number of nitrogens with zero attached hydrogens (tertiary/aromatic N) is 3. The number of aromatic hydroxyl groups is 2. The minimum atomic E-state index is -0.301. The quantitative estimate of drug-likeness (QED) is 0.130. The largest absolute Gasteiger partial charge is 0.506 e. The number of nitrogens with one attached hydrogen (secondary N) is 1. The predicted molar refractivity (Wildman–Crippen MR) is 152 cm³/mol. The molecule has 0 atom stereocenters. The first kappa shape index (κ1) is 29.0. The topological polar surface area (TPSA) is 120 Å². The van der Waals surface area contributed by atoms with Gasteiger partial charge in [0.15, 0.2) is 5.78 Å². The number of azo groups is 1. The summed E-state index contributed by atoms with van der Waals surface area (Å²) in [5, 5.41) is 29.6. The van der Waals surface area contributed by atoms with Crippen LogP contribution in [0.1, 0.15) is 21.6 Å². The van der Waals surface area contributed by atoms with E-state index in [1.807, 2.05) is 60.7 Å². The van der Waals surface area contributed by atoms with Crippen molar-refractivity contribution in [3.63, 3.8) is 0 Å². The summed E-state index contributed by atoms with van der Waals surface area (Å²) in [6.45, 7) is 1.75. The molecule has 0 fully saturated rings. The Kier molecular flexibility index (Phi) is 10.2. The van der Waals surface area contributed by atoms with Gasteiger partial charge in [0.05, 0.1) is 5.69 Å². The van der Waals surface area contributed by atoms with Crippen LogP contribution in [0, 0.1) is 6.92 Å². The normalized spacial score (nSPS) is 10.4. The molecule has 0 amide bonds. The fraction of sp³-hybridized carbons (Fsp3) is 0.0667. The number of aromatic amines is 1. The molecule has 0 saturated carbocycles. The van der Waals surface area contributed by atoms with E-state index >= 15 is 0 Å². The third-order valence-corrected chi connectivity index (χ3v) is 5.60. The Bertz CT molecular complexity index is 1570. The van der Waals surface area contributed by atoms with E-state index in [-0.39, 0.29) is 54.6 Å². The number of phenols is 2. The average Bonchev–Trinajstić information content (AvgIpc) is 3.24.